The number of carbonyl (C=O) groups is 1. The Hall–Kier alpha value is -1.36. The monoisotopic (exact) mass is 222 g/mol. The molecule has 1 aromatic rings. The molecule has 5 heteroatoms. The van der Waals surface area contributed by atoms with Crippen LogP contribution in [0.4, 0.5) is 0 Å². The summed E-state index contributed by atoms with van der Waals surface area (Å²) in [5.41, 5.74) is 0. The highest BCUT2D eigenvalue weighted by molar-refractivity contribution is 5.79. The molecule has 0 aromatic carbocycles. The van der Waals surface area contributed by atoms with Crippen molar-refractivity contribution in [1.82, 2.24) is 20.4 Å². The summed E-state index contributed by atoms with van der Waals surface area (Å²) in [4.78, 5) is 11.8. The van der Waals surface area contributed by atoms with Gasteiger partial charge in [0.25, 0.3) is 0 Å². The van der Waals surface area contributed by atoms with Gasteiger partial charge in [-0.1, -0.05) is 0 Å². The zero-order valence-corrected chi connectivity index (χ0v) is 9.52. The van der Waals surface area contributed by atoms with Crippen molar-refractivity contribution in [3.8, 4) is 0 Å². The van der Waals surface area contributed by atoms with E-state index in [-0.39, 0.29) is 17.9 Å². The third-order valence-electron chi connectivity index (χ3n) is 2.84. The van der Waals surface area contributed by atoms with Crippen molar-refractivity contribution in [2.45, 2.75) is 25.9 Å². The number of aromatic nitrogens is 2. The molecule has 0 aliphatic carbocycles. The van der Waals surface area contributed by atoms with Gasteiger partial charge in [0, 0.05) is 25.0 Å². The molecule has 2 N–H and O–H groups in total. The first-order valence-electron chi connectivity index (χ1n) is 5.74. The van der Waals surface area contributed by atoms with Gasteiger partial charge in [-0.3, -0.25) is 9.48 Å². The van der Waals surface area contributed by atoms with E-state index in [1.165, 1.54) is 0 Å². The topological polar surface area (TPSA) is 59.0 Å². The minimum Gasteiger partial charge on any atom is -0.352 e. The van der Waals surface area contributed by atoms with Crippen LogP contribution in [0.1, 0.15) is 13.3 Å². The third kappa shape index (κ3) is 2.82. The molecule has 2 unspecified atom stereocenters. The minimum absolute atomic E-state index is 0.119. The van der Waals surface area contributed by atoms with Gasteiger partial charge in [0.05, 0.1) is 12.5 Å². The Morgan fingerprint density at radius 1 is 1.75 bits per heavy atom. The molecular weight excluding hydrogens is 204 g/mol. The molecule has 1 aromatic heterocycles. The van der Waals surface area contributed by atoms with Crippen LogP contribution < -0.4 is 10.6 Å². The van der Waals surface area contributed by atoms with Gasteiger partial charge in [0.1, 0.15) is 0 Å². The number of carbonyl (C=O) groups excluding carboxylic acids is 1. The van der Waals surface area contributed by atoms with E-state index in [9.17, 15) is 4.79 Å². The normalized spacial score (nSPS) is 21.9. The maximum atomic E-state index is 11.8. The van der Waals surface area contributed by atoms with Crippen molar-refractivity contribution in [1.29, 1.82) is 0 Å². The Labute approximate surface area is 95.2 Å². The first kappa shape index (κ1) is 11.1. The summed E-state index contributed by atoms with van der Waals surface area (Å²) >= 11 is 0. The molecule has 1 aliphatic rings. The van der Waals surface area contributed by atoms with Crippen molar-refractivity contribution in [3.63, 3.8) is 0 Å². The highest BCUT2D eigenvalue weighted by Gasteiger charge is 2.23. The summed E-state index contributed by atoms with van der Waals surface area (Å²) in [6.45, 7) is 4.48. The van der Waals surface area contributed by atoms with Crippen molar-refractivity contribution in [2.24, 2.45) is 5.92 Å². The van der Waals surface area contributed by atoms with Crippen LogP contribution in [0.2, 0.25) is 0 Å². The minimum atomic E-state index is 0.119. The van der Waals surface area contributed by atoms with Crippen LogP contribution in [0.25, 0.3) is 0 Å². The Kier molecular flexibility index (Phi) is 3.56. The highest BCUT2D eigenvalue weighted by Crippen LogP contribution is 2.07. The van der Waals surface area contributed by atoms with Crippen molar-refractivity contribution in [3.05, 3.63) is 18.5 Å². The van der Waals surface area contributed by atoms with Crippen LogP contribution in [0.15, 0.2) is 18.5 Å². The van der Waals surface area contributed by atoms with Crippen molar-refractivity contribution >= 4 is 5.91 Å². The van der Waals surface area contributed by atoms with Crippen LogP contribution in [-0.2, 0) is 11.3 Å². The van der Waals surface area contributed by atoms with Gasteiger partial charge in [-0.15, -0.1) is 0 Å². The number of nitrogens with zero attached hydrogens (tertiary/aromatic N) is 2. The number of hydrogen-bond acceptors (Lipinski definition) is 3. The van der Waals surface area contributed by atoms with Gasteiger partial charge in [-0.2, -0.15) is 5.10 Å². The molecule has 2 atom stereocenters. The predicted molar refractivity (Wildman–Crippen MR) is 60.8 cm³/mol. The Morgan fingerprint density at radius 2 is 2.62 bits per heavy atom. The van der Waals surface area contributed by atoms with Crippen molar-refractivity contribution in [2.75, 3.05) is 13.1 Å². The molecule has 0 radical (unpaired) electrons. The van der Waals surface area contributed by atoms with Crippen LogP contribution in [0.5, 0.6) is 0 Å². The Morgan fingerprint density at radius 3 is 3.25 bits per heavy atom. The summed E-state index contributed by atoms with van der Waals surface area (Å²) in [5, 5.41) is 10.3. The summed E-state index contributed by atoms with van der Waals surface area (Å²) in [7, 11) is 0. The predicted octanol–water partition coefficient (Wildman–Crippen LogP) is -0.00270. The van der Waals surface area contributed by atoms with E-state index >= 15 is 0 Å². The second-order valence-corrected chi connectivity index (χ2v) is 4.33. The van der Waals surface area contributed by atoms with Gasteiger partial charge in [-0.05, 0) is 26.0 Å². The standard InChI is InChI=1S/C11H18N4O/c1-9(8-15-6-2-4-13-15)14-11(16)10-3-5-12-7-10/h2,4,6,9-10,12H,3,5,7-8H2,1H3,(H,14,16). The maximum Gasteiger partial charge on any atom is 0.224 e. The van der Waals surface area contributed by atoms with Gasteiger partial charge >= 0.3 is 0 Å². The van der Waals surface area contributed by atoms with Gasteiger partial charge in [0.15, 0.2) is 0 Å². The third-order valence-corrected chi connectivity index (χ3v) is 2.84. The molecule has 0 spiro atoms. The van der Waals surface area contributed by atoms with E-state index in [1.54, 1.807) is 6.20 Å². The maximum absolute atomic E-state index is 11.8. The van der Waals surface area contributed by atoms with Crippen LogP contribution in [0.3, 0.4) is 0 Å². The van der Waals surface area contributed by atoms with E-state index in [2.05, 4.69) is 15.7 Å². The smallest absolute Gasteiger partial charge is 0.224 e. The van der Waals surface area contributed by atoms with Crippen molar-refractivity contribution < 1.29 is 4.79 Å². The van der Waals surface area contributed by atoms with E-state index in [1.807, 2.05) is 23.9 Å². The van der Waals surface area contributed by atoms with E-state index in [0.717, 1.165) is 26.1 Å². The molecule has 16 heavy (non-hydrogen) atoms. The fourth-order valence-electron chi connectivity index (χ4n) is 1.97. The molecule has 1 amide bonds. The molecule has 2 heterocycles. The average molecular weight is 222 g/mol. The molecule has 2 rings (SSSR count). The number of nitrogens with one attached hydrogen (secondary N) is 2. The number of rotatable bonds is 4. The summed E-state index contributed by atoms with van der Waals surface area (Å²) < 4.78 is 1.83. The van der Waals surface area contributed by atoms with E-state index < -0.39 is 0 Å². The molecule has 5 nitrogen and oxygen atoms in total. The zero-order valence-electron chi connectivity index (χ0n) is 9.52. The Balaban J connectivity index is 1.78. The fourth-order valence-corrected chi connectivity index (χ4v) is 1.97. The fraction of sp³-hybridized carbons (Fsp3) is 0.636. The molecule has 0 bridgehead atoms. The van der Waals surface area contributed by atoms with Gasteiger partial charge in [0.2, 0.25) is 5.91 Å². The molecule has 88 valence electrons. The average Bonchev–Trinajstić information content (AvgIpc) is 2.88. The number of amides is 1. The second kappa shape index (κ2) is 5.12. The van der Waals surface area contributed by atoms with E-state index in [4.69, 9.17) is 0 Å². The molecular formula is C11H18N4O. The lowest BCUT2D eigenvalue weighted by Gasteiger charge is -2.16. The first-order chi connectivity index (χ1) is 7.75. The lowest BCUT2D eigenvalue weighted by molar-refractivity contribution is -0.125. The van der Waals surface area contributed by atoms with Crippen LogP contribution in [-0.4, -0.2) is 34.8 Å². The Bertz CT molecular complexity index is 330. The molecule has 1 saturated heterocycles. The van der Waals surface area contributed by atoms with Crippen LogP contribution in [0, 0.1) is 5.92 Å². The van der Waals surface area contributed by atoms with Gasteiger partial charge < -0.3 is 10.6 Å². The summed E-state index contributed by atoms with van der Waals surface area (Å²) in [5.74, 6) is 0.296. The first-order valence-corrected chi connectivity index (χ1v) is 5.74. The zero-order chi connectivity index (χ0) is 11.4. The largest absolute Gasteiger partial charge is 0.352 e. The lowest BCUT2D eigenvalue weighted by atomic mass is 10.1. The van der Waals surface area contributed by atoms with Gasteiger partial charge in [-0.25, -0.2) is 0 Å². The second-order valence-electron chi connectivity index (χ2n) is 4.33. The van der Waals surface area contributed by atoms with Crippen LogP contribution >= 0.6 is 0 Å². The number of hydrogen-bond donors (Lipinski definition) is 2. The highest BCUT2D eigenvalue weighted by atomic mass is 16.2. The molecule has 1 aliphatic heterocycles. The summed E-state index contributed by atoms with van der Waals surface area (Å²) in [6.07, 6.45) is 4.59. The lowest BCUT2D eigenvalue weighted by Crippen LogP contribution is -2.40. The summed E-state index contributed by atoms with van der Waals surface area (Å²) in [6, 6.07) is 2.00. The molecule has 0 saturated carbocycles. The SMILES string of the molecule is CC(Cn1cccn1)NC(=O)C1CCNC1. The quantitative estimate of drug-likeness (QED) is 0.753. The van der Waals surface area contributed by atoms with E-state index in [0.29, 0.717) is 0 Å². The molecule has 1 fully saturated rings.